The quantitative estimate of drug-likeness (QED) is 0.374. The Morgan fingerprint density at radius 2 is 1.91 bits per heavy atom. The summed E-state index contributed by atoms with van der Waals surface area (Å²) in [6, 6.07) is 7.32. The minimum atomic E-state index is -0.121. The Morgan fingerprint density at radius 3 is 2.62 bits per heavy atom. The zero-order valence-electron chi connectivity index (χ0n) is 17.9. The first-order valence-corrected chi connectivity index (χ1v) is 12.3. The molecular weight excluding hydrogens is 448 g/mol. The maximum atomic E-state index is 12.7. The van der Waals surface area contributed by atoms with Crippen molar-refractivity contribution in [1.29, 1.82) is 0 Å². The largest absolute Gasteiger partial charge is 0.353 e. The molecule has 170 valence electrons. The molecule has 1 saturated heterocycles. The summed E-state index contributed by atoms with van der Waals surface area (Å²) >= 11 is 7.47. The van der Waals surface area contributed by atoms with E-state index in [9.17, 15) is 9.59 Å². The van der Waals surface area contributed by atoms with Gasteiger partial charge in [0, 0.05) is 44.4 Å². The summed E-state index contributed by atoms with van der Waals surface area (Å²) in [6.07, 6.45) is 6.07. The van der Waals surface area contributed by atoms with E-state index in [2.05, 4.69) is 25.2 Å². The Hall–Kier alpha value is -2.39. The van der Waals surface area contributed by atoms with Gasteiger partial charge in [-0.15, -0.1) is 0 Å². The fourth-order valence-corrected chi connectivity index (χ4v) is 4.98. The lowest BCUT2D eigenvalue weighted by molar-refractivity contribution is -0.135. The van der Waals surface area contributed by atoms with E-state index in [1.165, 1.54) is 11.8 Å². The topological polar surface area (TPSA) is 91.3 Å². The summed E-state index contributed by atoms with van der Waals surface area (Å²) in [7, 11) is 0. The van der Waals surface area contributed by atoms with E-state index in [4.69, 9.17) is 11.6 Å². The fraction of sp³-hybridized carbons (Fsp3) is 0.500. The lowest BCUT2D eigenvalue weighted by Crippen LogP contribution is -2.50. The van der Waals surface area contributed by atoms with Gasteiger partial charge in [-0.1, -0.05) is 42.3 Å². The summed E-state index contributed by atoms with van der Waals surface area (Å²) in [5.74, 6) is 1.31. The third-order valence-electron chi connectivity index (χ3n) is 5.81. The van der Waals surface area contributed by atoms with Crippen molar-refractivity contribution < 1.29 is 9.59 Å². The van der Waals surface area contributed by atoms with Crippen molar-refractivity contribution >= 4 is 41.0 Å². The fourth-order valence-electron chi connectivity index (χ4n) is 4.07. The molecule has 0 unspecified atom stereocenters. The van der Waals surface area contributed by atoms with E-state index in [0.29, 0.717) is 48.9 Å². The number of piperazine rings is 1. The third-order valence-corrected chi connectivity index (χ3v) is 6.85. The van der Waals surface area contributed by atoms with Crippen LogP contribution in [0.1, 0.15) is 31.4 Å². The second-order valence-electron chi connectivity index (χ2n) is 8.01. The number of carbonyl (C=O) groups is 2. The van der Waals surface area contributed by atoms with E-state index in [0.717, 1.165) is 37.2 Å². The second-order valence-corrected chi connectivity index (χ2v) is 9.34. The lowest BCUT2D eigenvalue weighted by Gasteiger charge is -2.36. The minimum Gasteiger partial charge on any atom is -0.353 e. The summed E-state index contributed by atoms with van der Waals surface area (Å²) in [4.78, 5) is 42.0. The van der Waals surface area contributed by atoms with Crippen molar-refractivity contribution in [3.05, 3.63) is 41.3 Å². The number of carbonyl (C=O) groups excluding carboxylic acids is 2. The van der Waals surface area contributed by atoms with Crippen LogP contribution in [-0.4, -0.2) is 63.6 Å². The van der Waals surface area contributed by atoms with Crippen molar-refractivity contribution in [2.45, 2.75) is 37.4 Å². The zero-order valence-corrected chi connectivity index (χ0v) is 19.4. The van der Waals surface area contributed by atoms with Crippen LogP contribution in [0.25, 0.3) is 0 Å². The molecule has 2 fully saturated rings. The minimum absolute atomic E-state index is 0.121. The average Bonchev–Trinajstić information content (AvgIpc) is 3.36. The van der Waals surface area contributed by atoms with Gasteiger partial charge in [0.15, 0.2) is 5.16 Å². The molecule has 0 atom stereocenters. The van der Waals surface area contributed by atoms with Crippen LogP contribution in [0.15, 0.2) is 35.6 Å². The standard InChI is InChI=1S/C22H27ClN6O2S/c23-18-13-19(28-9-11-29(12-10-28)21(31)16-5-1-2-6-16)27-22(26-18)32-15-20(30)25-14-17-7-3-4-8-24-17/h3-4,7-8,13,16H,1-2,5-6,9-12,14-15H2,(H,25,30). The molecule has 3 heterocycles. The van der Waals surface area contributed by atoms with Crippen LogP contribution in [0.2, 0.25) is 5.15 Å². The van der Waals surface area contributed by atoms with E-state index in [-0.39, 0.29) is 17.6 Å². The van der Waals surface area contributed by atoms with Crippen molar-refractivity contribution in [2.24, 2.45) is 5.92 Å². The van der Waals surface area contributed by atoms with Crippen molar-refractivity contribution in [3.8, 4) is 0 Å². The van der Waals surface area contributed by atoms with Gasteiger partial charge < -0.3 is 15.1 Å². The number of hydrogen-bond donors (Lipinski definition) is 1. The molecule has 1 N–H and O–H groups in total. The van der Waals surface area contributed by atoms with E-state index >= 15 is 0 Å². The van der Waals surface area contributed by atoms with Gasteiger partial charge in [-0.3, -0.25) is 14.6 Å². The molecule has 1 saturated carbocycles. The number of thioether (sulfide) groups is 1. The molecule has 2 aliphatic rings. The van der Waals surface area contributed by atoms with Gasteiger partial charge >= 0.3 is 0 Å². The highest BCUT2D eigenvalue weighted by Gasteiger charge is 2.29. The van der Waals surface area contributed by atoms with E-state index in [1.807, 2.05) is 23.1 Å². The summed E-state index contributed by atoms with van der Waals surface area (Å²) in [6.45, 7) is 3.18. The molecule has 2 aromatic heterocycles. The Morgan fingerprint density at radius 1 is 1.12 bits per heavy atom. The van der Waals surface area contributed by atoms with Gasteiger partial charge in [0.05, 0.1) is 18.0 Å². The first-order valence-electron chi connectivity index (χ1n) is 11.0. The third kappa shape index (κ3) is 6.10. The monoisotopic (exact) mass is 474 g/mol. The number of nitrogens with zero attached hydrogens (tertiary/aromatic N) is 5. The van der Waals surface area contributed by atoms with Crippen LogP contribution in [0.4, 0.5) is 5.82 Å². The maximum absolute atomic E-state index is 12.7. The normalized spacial score (nSPS) is 16.9. The van der Waals surface area contributed by atoms with Crippen LogP contribution >= 0.6 is 23.4 Å². The molecule has 32 heavy (non-hydrogen) atoms. The summed E-state index contributed by atoms with van der Waals surface area (Å²) in [5.41, 5.74) is 0.803. The van der Waals surface area contributed by atoms with Gasteiger partial charge in [-0.2, -0.15) is 0 Å². The van der Waals surface area contributed by atoms with Gasteiger partial charge in [0.25, 0.3) is 0 Å². The molecule has 0 bridgehead atoms. The first kappa shape index (κ1) is 22.8. The van der Waals surface area contributed by atoms with Crippen LogP contribution in [0, 0.1) is 5.92 Å². The second kappa shape index (κ2) is 11.0. The number of rotatable bonds is 7. The number of aromatic nitrogens is 3. The van der Waals surface area contributed by atoms with Crippen molar-refractivity contribution in [2.75, 3.05) is 36.8 Å². The van der Waals surface area contributed by atoms with Gasteiger partial charge in [0.2, 0.25) is 11.8 Å². The SMILES string of the molecule is O=C(CSc1nc(Cl)cc(N2CCN(C(=O)C3CCCC3)CC2)n1)NCc1ccccn1. The van der Waals surface area contributed by atoms with E-state index < -0.39 is 0 Å². The van der Waals surface area contributed by atoms with Crippen LogP contribution in [0.5, 0.6) is 0 Å². The van der Waals surface area contributed by atoms with Gasteiger partial charge in [-0.25, -0.2) is 9.97 Å². The molecular formula is C22H27ClN6O2S. The Labute approximate surface area is 197 Å². The smallest absolute Gasteiger partial charge is 0.230 e. The molecule has 0 radical (unpaired) electrons. The van der Waals surface area contributed by atoms with Gasteiger partial charge in [0.1, 0.15) is 11.0 Å². The molecule has 0 spiro atoms. The van der Waals surface area contributed by atoms with Crippen LogP contribution in [0.3, 0.4) is 0 Å². The van der Waals surface area contributed by atoms with Crippen molar-refractivity contribution in [3.63, 3.8) is 0 Å². The maximum Gasteiger partial charge on any atom is 0.230 e. The number of halogens is 1. The average molecular weight is 475 g/mol. The first-order chi connectivity index (χ1) is 15.6. The Bertz CT molecular complexity index is 933. The molecule has 4 rings (SSSR count). The molecule has 10 heteroatoms. The highest BCUT2D eigenvalue weighted by molar-refractivity contribution is 7.99. The molecule has 2 aromatic rings. The number of pyridine rings is 1. The Balaban J connectivity index is 1.28. The molecule has 0 aromatic carbocycles. The summed E-state index contributed by atoms with van der Waals surface area (Å²) in [5, 5.41) is 3.65. The zero-order chi connectivity index (χ0) is 22.3. The number of hydrogen-bond acceptors (Lipinski definition) is 7. The van der Waals surface area contributed by atoms with Crippen LogP contribution in [-0.2, 0) is 16.1 Å². The van der Waals surface area contributed by atoms with Crippen molar-refractivity contribution in [1.82, 2.24) is 25.2 Å². The summed E-state index contributed by atoms with van der Waals surface area (Å²) < 4.78 is 0. The highest BCUT2D eigenvalue weighted by Crippen LogP contribution is 2.28. The highest BCUT2D eigenvalue weighted by atomic mass is 35.5. The predicted octanol–water partition coefficient (Wildman–Crippen LogP) is 2.77. The Kier molecular flexibility index (Phi) is 7.81. The molecule has 1 aliphatic carbocycles. The number of amides is 2. The molecule has 1 aliphatic heterocycles. The predicted molar refractivity (Wildman–Crippen MR) is 125 cm³/mol. The molecule has 8 nitrogen and oxygen atoms in total. The lowest BCUT2D eigenvalue weighted by atomic mass is 10.1. The van der Waals surface area contributed by atoms with Gasteiger partial charge in [-0.05, 0) is 25.0 Å². The van der Waals surface area contributed by atoms with Crippen LogP contribution < -0.4 is 10.2 Å². The number of nitrogens with one attached hydrogen (secondary N) is 1. The number of anilines is 1. The molecule has 2 amide bonds. The van der Waals surface area contributed by atoms with E-state index in [1.54, 1.807) is 12.3 Å².